The molecule has 1 N–H and O–H groups in total. The van der Waals surface area contributed by atoms with Gasteiger partial charge < -0.3 is 5.32 Å². The van der Waals surface area contributed by atoms with Gasteiger partial charge in [-0.1, -0.05) is 26.2 Å². The Balaban J connectivity index is 2.76. The van der Waals surface area contributed by atoms with Gasteiger partial charge in [0.15, 0.2) is 11.6 Å². The summed E-state index contributed by atoms with van der Waals surface area (Å²) in [6.45, 7) is 2.39. The van der Waals surface area contributed by atoms with Crippen molar-refractivity contribution in [3.63, 3.8) is 0 Å². The van der Waals surface area contributed by atoms with Crippen LogP contribution in [0.5, 0.6) is 0 Å². The van der Waals surface area contributed by atoms with Crippen molar-refractivity contribution in [1.82, 2.24) is 5.32 Å². The maximum atomic E-state index is 13.1. The molecule has 0 heterocycles. The second-order valence-electron chi connectivity index (χ2n) is 4.36. The second-order valence-corrected chi connectivity index (χ2v) is 4.36. The summed E-state index contributed by atoms with van der Waals surface area (Å²) in [6.07, 6.45) is 3.73. The number of nitro groups is 1. The van der Waals surface area contributed by atoms with E-state index in [0.717, 1.165) is 25.7 Å². The van der Waals surface area contributed by atoms with Gasteiger partial charge in [0.25, 0.3) is 11.6 Å². The third kappa shape index (κ3) is 4.25. The van der Waals surface area contributed by atoms with Crippen LogP contribution in [-0.2, 0) is 0 Å². The first-order valence-electron chi connectivity index (χ1n) is 6.39. The Hall–Kier alpha value is -2.05. The number of benzene rings is 1. The van der Waals surface area contributed by atoms with E-state index in [1.54, 1.807) is 0 Å². The van der Waals surface area contributed by atoms with Gasteiger partial charge in [-0.05, 0) is 12.5 Å². The van der Waals surface area contributed by atoms with Crippen LogP contribution in [0.25, 0.3) is 0 Å². The highest BCUT2D eigenvalue weighted by atomic mass is 19.2. The van der Waals surface area contributed by atoms with Crippen LogP contribution in [0.1, 0.15) is 43.0 Å². The minimum absolute atomic E-state index is 0.342. The topological polar surface area (TPSA) is 72.2 Å². The van der Waals surface area contributed by atoms with Crippen molar-refractivity contribution in [2.45, 2.75) is 32.6 Å². The standard InChI is InChI=1S/C13H16F2N2O3/c1-2-3-4-5-6-16-13(18)9-7-10(14)11(15)8-12(9)17(19)20/h7-8H,2-6H2,1H3,(H,16,18). The Bertz CT molecular complexity index is 507. The summed E-state index contributed by atoms with van der Waals surface area (Å²) in [6, 6.07) is 0.968. The molecule has 1 aromatic rings. The molecular weight excluding hydrogens is 270 g/mol. The lowest BCUT2D eigenvalue weighted by Gasteiger charge is -2.06. The van der Waals surface area contributed by atoms with Gasteiger partial charge in [0.05, 0.1) is 11.0 Å². The van der Waals surface area contributed by atoms with Gasteiger partial charge in [0, 0.05) is 6.54 Å². The maximum absolute atomic E-state index is 13.1. The minimum Gasteiger partial charge on any atom is -0.352 e. The molecule has 0 saturated carbocycles. The van der Waals surface area contributed by atoms with Crippen LogP contribution in [0, 0.1) is 21.7 Å². The summed E-state index contributed by atoms with van der Waals surface area (Å²) in [5.74, 6) is -3.41. The molecule has 0 atom stereocenters. The highest BCUT2D eigenvalue weighted by Gasteiger charge is 2.23. The molecule has 0 radical (unpaired) electrons. The van der Waals surface area contributed by atoms with Crippen molar-refractivity contribution < 1.29 is 18.5 Å². The molecule has 0 fully saturated rings. The van der Waals surface area contributed by atoms with Gasteiger partial charge in [0.1, 0.15) is 5.56 Å². The number of hydrogen-bond acceptors (Lipinski definition) is 3. The Morgan fingerprint density at radius 3 is 2.50 bits per heavy atom. The largest absolute Gasteiger partial charge is 0.352 e. The van der Waals surface area contributed by atoms with E-state index in [4.69, 9.17) is 0 Å². The van der Waals surface area contributed by atoms with Gasteiger partial charge in [0.2, 0.25) is 0 Å². The number of carbonyl (C=O) groups excluding carboxylic acids is 1. The minimum atomic E-state index is -1.35. The molecule has 0 unspecified atom stereocenters. The zero-order valence-electron chi connectivity index (χ0n) is 11.1. The number of rotatable bonds is 7. The summed E-state index contributed by atoms with van der Waals surface area (Å²) in [5.41, 5.74) is -1.21. The molecule has 1 amide bonds. The number of hydrogen-bond donors (Lipinski definition) is 1. The van der Waals surface area contributed by atoms with E-state index in [-0.39, 0.29) is 0 Å². The van der Waals surface area contributed by atoms with Crippen LogP contribution >= 0.6 is 0 Å². The first-order valence-corrected chi connectivity index (χ1v) is 6.39. The fraction of sp³-hybridized carbons (Fsp3) is 0.462. The Morgan fingerprint density at radius 1 is 1.25 bits per heavy atom. The molecule has 0 aliphatic rings. The van der Waals surface area contributed by atoms with E-state index >= 15 is 0 Å². The molecular formula is C13H16F2N2O3. The monoisotopic (exact) mass is 286 g/mol. The summed E-state index contributed by atoms with van der Waals surface area (Å²) < 4.78 is 26.1. The molecule has 0 bridgehead atoms. The molecule has 0 spiro atoms. The number of unbranched alkanes of at least 4 members (excludes halogenated alkanes) is 3. The summed E-state index contributed by atoms with van der Waals surface area (Å²) in [5, 5.41) is 13.2. The summed E-state index contributed by atoms with van der Waals surface area (Å²) in [4.78, 5) is 21.6. The Labute approximate surface area is 115 Å². The van der Waals surface area contributed by atoms with E-state index in [2.05, 4.69) is 5.32 Å². The number of nitrogens with zero attached hydrogens (tertiary/aromatic N) is 1. The first kappa shape index (κ1) is 16.0. The number of nitro benzene ring substituents is 1. The molecule has 20 heavy (non-hydrogen) atoms. The zero-order chi connectivity index (χ0) is 15.1. The predicted octanol–water partition coefficient (Wildman–Crippen LogP) is 3.18. The second kappa shape index (κ2) is 7.52. The van der Waals surface area contributed by atoms with E-state index in [1.165, 1.54) is 0 Å². The van der Waals surface area contributed by atoms with Gasteiger partial charge >= 0.3 is 0 Å². The summed E-state index contributed by atoms with van der Waals surface area (Å²) >= 11 is 0. The molecule has 7 heteroatoms. The van der Waals surface area contributed by atoms with Gasteiger partial charge in [-0.15, -0.1) is 0 Å². The quantitative estimate of drug-likeness (QED) is 0.475. The van der Waals surface area contributed by atoms with Gasteiger partial charge in [-0.2, -0.15) is 0 Å². The molecule has 1 rings (SSSR count). The van der Waals surface area contributed by atoms with Crippen molar-refractivity contribution in [3.8, 4) is 0 Å². The van der Waals surface area contributed by atoms with E-state index in [1.807, 2.05) is 6.92 Å². The molecule has 0 aliphatic heterocycles. The van der Waals surface area contributed by atoms with Crippen LogP contribution < -0.4 is 5.32 Å². The van der Waals surface area contributed by atoms with Crippen molar-refractivity contribution in [2.75, 3.05) is 6.54 Å². The normalized spacial score (nSPS) is 10.3. The van der Waals surface area contributed by atoms with Crippen molar-refractivity contribution in [3.05, 3.63) is 39.4 Å². The molecule has 0 saturated heterocycles. The average molecular weight is 286 g/mol. The Kier molecular flexibility index (Phi) is 6.02. The summed E-state index contributed by atoms with van der Waals surface area (Å²) in [7, 11) is 0. The predicted molar refractivity (Wildman–Crippen MR) is 69.5 cm³/mol. The van der Waals surface area contributed by atoms with Gasteiger partial charge in [-0.3, -0.25) is 14.9 Å². The van der Waals surface area contributed by atoms with Crippen LogP contribution in [0.4, 0.5) is 14.5 Å². The number of amides is 1. The lowest BCUT2D eigenvalue weighted by molar-refractivity contribution is -0.385. The van der Waals surface area contributed by atoms with Crippen LogP contribution in [0.15, 0.2) is 12.1 Å². The number of carbonyl (C=O) groups is 1. The van der Waals surface area contributed by atoms with E-state index in [0.29, 0.717) is 18.7 Å². The van der Waals surface area contributed by atoms with E-state index < -0.39 is 33.7 Å². The number of halogens is 2. The fourth-order valence-corrected chi connectivity index (χ4v) is 1.72. The lowest BCUT2D eigenvalue weighted by Crippen LogP contribution is -2.25. The van der Waals surface area contributed by atoms with Crippen molar-refractivity contribution in [2.24, 2.45) is 0 Å². The molecule has 110 valence electrons. The van der Waals surface area contributed by atoms with Crippen LogP contribution in [0.3, 0.4) is 0 Å². The van der Waals surface area contributed by atoms with Crippen LogP contribution in [-0.4, -0.2) is 17.4 Å². The molecule has 0 aliphatic carbocycles. The van der Waals surface area contributed by atoms with Gasteiger partial charge in [-0.25, -0.2) is 8.78 Å². The SMILES string of the molecule is CCCCCCNC(=O)c1cc(F)c(F)cc1[N+](=O)[O-]. The Morgan fingerprint density at radius 2 is 1.90 bits per heavy atom. The number of nitrogens with one attached hydrogen (secondary N) is 1. The maximum Gasteiger partial charge on any atom is 0.285 e. The molecule has 5 nitrogen and oxygen atoms in total. The van der Waals surface area contributed by atoms with Crippen molar-refractivity contribution in [1.29, 1.82) is 0 Å². The van der Waals surface area contributed by atoms with Crippen molar-refractivity contribution >= 4 is 11.6 Å². The third-order valence-electron chi connectivity index (χ3n) is 2.80. The highest BCUT2D eigenvalue weighted by Crippen LogP contribution is 2.22. The molecule has 1 aromatic carbocycles. The smallest absolute Gasteiger partial charge is 0.285 e. The highest BCUT2D eigenvalue weighted by molar-refractivity contribution is 5.98. The molecule has 0 aromatic heterocycles. The fourth-order valence-electron chi connectivity index (χ4n) is 1.72. The van der Waals surface area contributed by atoms with Crippen LogP contribution in [0.2, 0.25) is 0 Å². The zero-order valence-corrected chi connectivity index (χ0v) is 11.1. The van der Waals surface area contributed by atoms with E-state index in [9.17, 15) is 23.7 Å². The first-order chi connectivity index (χ1) is 9.47. The average Bonchev–Trinajstić information content (AvgIpc) is 2.40. The third-order valence-corrected chi connectivity index (χ3v) is 2.80. The lowest BCUT2D eigenvalue weighted by atomic mass is 10.1.